The average molecular weight is 251 g/mol. The van der Waals surface area contributed by atoms with Crippen molar-refractivity contribution in [2.45, 2.75) is 30.7 Å². The third kappa shape index (κ3) is 2.28. The van der Waals surface area contributed by atoms with Gasteiger partial charge in [-0.1, -0.05) is 23.8 Å². The summed E-state index contributed by atoms with van der Waals surface area (Å²) >= 11 is 0. The summed E-state index contributed by atoms with van der Waals surface area (Å²) in [7, 11) is -3.35. The molecule has 0 spiro atoms. The highest BCUT2D eigenvalue weighted by molar-refractivity contribution is 7.89. The molecule has 3 nitrogen and oxygen atoms in total. The lowest BCUT2D eigenvalue weighted by Crippen LogP contribution is -2.34. The second-order valence-electron chi connectivity index (χ2n) is 4.37. The van der Waals surface area contributed by atoms with E-state index < -0.39 is 10.0 Å². The highest BCUT2D eigenvalue weighted by Gasteiger charge is 2.33. The Morgan fingerprint density at radius 3 is 2.59 bits per heavy atom. The Morgan fingerprint density at radius 1 is 1.35 bits per heavy atom. The first-order valence-corrected chi connectivity index (χ1v) is 7.21. The number of aryl methyl sites for hydroxylation is 1. The summed E-state index contributed by atoms with van der Waals surface area (Å²) in [5.74, 6) is 0. The van der Waals surface area contributed by atoms with Crippen molar-refractivity contribution in [2.75, 3.05) is 6.54 Å². The van der Waals surface area contributed by atoms with Gasteiger partial charge in [0.25, 0.3) is 0 Å². The molecule has 1 aromatic rings. The van der Waals surface area contributed by atoms with Crippen LogP contribution in [-0.4, -0.2) is 25.3 Å². The number of hydrogen-bond donors (Lipinski definition) is 0. The van der Waals surface area contributed by atoms with Crippen LogP contribution in [0.25, 0.3) is 0 Å². The topological polar surface area (TPSA) is 37.4 Å². The molecule has 0 saturated carbocycles. The van der Waals surface area contributed by atoms with Crippen molar-refractivity contribution < 1.29 is 8.42 Å². The quantitative estimate of drug-likeness (QED) is 0.773. The van der Waals surface area contributed by atoms with Crippen LogP contribution in [0.4, 0.5) is 0 Å². The van der Waals surface area contributed by atoms with Crippen molar-refractivity contribution in [1.82, 2.24) is 4.31 Å². The summed E-state index contributed by atoms with van der Waals surface area (Å²) in [6.45, 7) is 6.24. The van der Waals surface area contributed by atoms with Gasteiger partial charge in [-0.15, -0.1) is 6.58 Å². The van der Waals surface area contributed by atoms with E-state index in [2.05, 4.69) is 6.58 Å². The molecule has 1 aromatic carbocycles. The van der Waals surface area contributed by atoms with Gasteiger partial charge >= 0.3 is 0 Å². The molecule has 17 heavy (non-hydrogen) atoms. The molecule has 1 fully saturated rings. The normalized spacial score (nSPS) is 21.6. The zero-order valence-corrected chi connectivity index (χ0v) is 10.8. The van der Waals surface area contributed by atoms with E-state index >= 15 is 0 Å². The van der Waals surface area contributed by atoms with Crippen molar-refractivity contribution in [3.05, 3.63) is 42.5 Å². The van der Waals surface area contributed by atoms with Gasteiger partial charge in [-0.3, -0.25) is 0 Å². The van der Waals surface area contributed by atoms with Crippen molar-refractivity contribution in [2.24, 2.45) is 0 Å². The van der Waals surface area contributed by atoms with Crippen LogP contribution in [-0.2, 0) is 10.0 Å². The summed E-state index contributed by atoms with van der Waals surface area (Å²) in [5, 5.41) is 0. The van der Waals surface area contributed by atoms with E-state index in [1.165, 1.54) is 0 Å². The lowest BCUT2D eigenvalue weighted by molar-refractivity contribution is 0.433. The molecule has 1 saturated heterocycles. The third-order valence-electron chi connectivity index (χ3n) is 3.15. The van der Waals surface area contributed by atoms with Gasteiger partial charge in [0.15, 0.2) is 0 Å². The predicted molar refractivity (Wildman–Crippen MR) is 68.3 cm³/mol. The monoisotopic (exact) mass is 251 g/mol. The second-order valence-corrected chi connectivity index (χ2v) is 6.26. The average Bonchev–Trinajstić information content (AvgIpc) is 2.78. The highest BCUT2D eigenvalue weighted by atomic mass is 32.2. The van der Waals surface area contributed by atoms with Gasteiger partial charge < -0.3 is 0 Å². The smallest absolute Gasteiger partial charge is 0.207 e. The van der Waals surface area contributed by atoms with E-state index in [9.17, 15) is 8.42 Å². The minimum atomic E-state index is -3.35. The highest BCUT2D eigenvalue weighted by Crippen LogP contribution is 2.26. The molecule has 0 aliphatic carbocycles. The Balaban J connectivity index is 2.36. The minimum Gasteiger partial charge on any atom is -0.207 e. The van der Waals surface area contributed by atoms with E-state index in [4.69, 9.17) is 0 Å². The number of rotatable bonds is 3. The van der Waals surface area contributed by atoms with Crippen LogP contribution in [0.3, 0.4) is 0 Å². The van der Waals surface area contributed by atoms with Crippen molar-refractivity contribution in [1.29, 1.82) is 0 Å². The molecule has 0 radical (unpaired) electrons. The van der Waals surface area contributed by atoms with Crippen LogP contribution < -0.4 is 0 Å². The van der Waals surface area contributed by atoms with Crippen LogP contribution in [0.5, 0.6) is 0 Å². The maximum absolute atomic E-state index is 12.4. The minimum absolute atomic E-state index is 0.0543. The molecule has 1 unspecified atom stereocenters. The summed E-state index contributed by atoms with van der Waals surface area (Å²) < 4.78 is 26.3. The summed E-state index contributed by atoms with van der Waals surface area (Å²) in [6.07, 6.45) is 3.50. The molecule has 1 aliphatic rings. The van der Waals surface area contributed by atoms with Crippen LogP contribution >= 0.6 is 0 Å². The van der Waals surface area contributed by atoms with Gasteiger partial charge in [0.1, 0.15) is 0 Å². The maximum Gasteiger partial charge on any atom is 0.243 e. The molecule has 92 valence electrons. The molecule has 2 rings (SSSR count). The number of nitrogens with zero attached hydrogens (tertiary/aromatic N) is 1. The van der Waals surface area contributed by atoms with Crippen molar-refractivity contribution >= 4 is 10.0 Å². The van der Waals surface area contributed by atoms with E-state index in [-0.39, 0.29) is 6.04 Å². The second kappa shape index (κ2) is 4.63. The number of sulfonamides is 1. The molecule has 1 heterocycles. The molecule has 4 heteroatoms. The molecular formula is C13H17NO2S. The molecule has 0 aromatic heterocycles. The first-order chi connectivity index (χ1) is 8.05. The molecular weight excluding hydrogens is 234 g/mol. The van der Waals surface area contributed by atoms with Crippen molar-refractivity contribution in [3.63, 3.8) is 0 Å². The van der Waals surface area contributed by atoms with E-state index in [1.807, 2.05) is 19.1 Å². The fourth-order valence-corrected chi connectivity index (χ4v) is 3.81. The number of hydrogen-bond acceptors (Lipinski definition) is 2. The van der Waals surface area contributed by atoms with Gasteiger partial charge in [-0.2, -0.15) is 4.31 Å². The summed E-state index contributed by atoms with van der Waals surface area (Å²) in [5.41, 5.74) is 1.06. The van der Waals surface area contributed by atoms with Gasteiger partial charge in [-0.25, -0.2) is 8.42 Å². The van der Waals surface area contributed by atoms with Crippen LogP contribution in [0.15, 0.2) is 41.8 Å². The lowest BCUT2D eigenvalue weighted by atomic mass is 10.2. The first-order valence-electron chi connectivity index (χ1n) is 5.77. The Hall–Kier alpha value is -1.13. The molecule has 0 N–H and O–H groups in total. The Morgan fingerprint density at radius 2 is 2.00 bits per heavy atom. The van der Waals surface area contributed by atoms with Gasteiger partial charge in [0.2, 0.25) is 10.0 Å². The van der Waals surface area contributed by atoms with Gasteiger partial charge in [0, 0.05) is 12.6 Å². The maximum atomic E-state index is 12.4. The predicted octanol–water partition coefficient (Wildman–Crippen LogP) is 2.33. The van der Waals surface area contributed by atoms with E-state index in [0.717, 1.165) is 18.4 Å². The summed E-state index contributed by atoms with van der Waals surface area (Å²) in [6, 6.07) is 6.94. The number of benzene rings is 1. The zero-order valence-electron chi connectivity index (χ0n) is 9.96. The molecule has 1 aliphatic heterocycles. The third-order valence-corrected chi connectivity index (χ3v) is 5.09. The van der Waals surface area contributed by atoms with Crippen LogP contribution in [0.2, 0.25) is 0 Å². The molecule has 0 bridgehead atoms. The van der Waals surface area contributed by atoms with E-state index in [1.54, 1.807) is 22.5 Å². The first kappa shape index (κ1) is 12.3. The van der Waals surface area contributed by atoms with Crippen LogP contribution in [0, 0.1) is 6.92 Å². The Kier molecular flexibility index (Phi) is 3.35. The summed E-state index contributed by atoms with van der Waals surface area (Å²) in [4.78, 5) is 0.372. The lowest BCUT2D eigenvalue weighted by Gasteiger charge is -2.21. The Labute approximate surface area is 103 Å². The van der Waals surface area contributed by atoms with E-state index in [0.29, 0.717) is 11.4 Å². The molecule has 0 amide bonds. The van der Waals surface area contributed by atoms with Gasteiger partial charge in [-0.05, 0) is 31.9 Å². The SMILES string of the molecule is C=CC1CCCN1S(=O)(=O)c1ccc(C)cc1. The fourth-order valence-electron chi connectivity index (χ4n) is 2.15. The fraction of sp³-hybridized carbons (Fsp3) is 0.385. The zero-order chi connectivity index (χ0) is 12.5. The van der Waals surface area contributed by atoms with Gasteiger partial charge in [0.05, 0.1) is 4.90 Å². The van der Waals surface area contributed by atoms with Crippen molar-refractivity contribution in [3.8, 4) is 0 Å². The Bertz CT molecular complexity index is 505. The largest absolute Gasteiger partial charge is 0.243 e. The standard InChI is InChI=1S/C13H17NO2S/c1-3-12-5-4-10-14(12)17(15,16)13-8-6-11(2)7-9-13/h3,6-9,12H,1,4-5,10H2,2H3. The molecule has 1 atom stereocenters. The van der Waals surface area contributed by atoms with Crippen LogP contribution in [0.1, 0.15) is 18.4 Å².